The van der Waals surface area contributed by atoms with Gasteiger partial charge in [-0.25, -0.2) is 5.06 Å². The van der Waals surface area contributed by atoms with Crippen molar-refractivity contribution in [2.45, 2.75) is 52.5 Å². The Kier molecular flexibility index (Phi) is 6.53. The number of hydrogen-bond acceptors (Lipinski definition) is 4. The van der Waals surface area contributed by atoms with E-state index in [2.05, 4.69) is 62.3 Å². The molecule has 0 radical (unpaired) electrons. The number of nitrogens with one attached hydrogen (secondary N) is 1. The molecular weight excluding hydrogens is 374 g/mol. The zero-order valence-corrected chi connectivity index (χ0v) is 18.9. The molecule has 0 spiro atoms. The number of nitrogens with zero attached hydrogens (tertiary/aromatic N) is 2. The zero-order valence-electron chi connectivity index (χ0n) is 18.9. The molecule has 0 aromatic heterocycles. The number of piperidine rings is 1. The summed E-state index contributed by atoms with van der Waals surface area (Å²) in [6.45, 7) is 10.5. The van der Waals surface area contributed by atoms with Gasteiger partial charge in [0.05, 0.1) is 12.0 Å². The van der Waals surface area contributed by atoms with Crippen LogP contribution in [0.15, 0.2) is 48.5 Å². The van der Waals surface area contributed by atoms with Crippen molar-refractivity contribution in [2.24, 2.45) is 5.41 Å². The Bertz CT molecular complexity index is 845. The van der Waals surface area contributed by atoms with E-state index in [0.29, 0.717) is 0 Å². The maximum atomic E-state index is 12.8. The lowest BCUT2D eigenvalue weighted by Crippen LogP contribution is -2.46. The van der Waals surface area contributed by atoms with Crippen molar-refractivity contribution < 1.29 is 10.0 Å². The lowest BCUT2D eigenvalue weighted by Gasteiger charge is -2.38. The van der Waals surface area contributed by atoms with Crippen LogP contribution >= 0.6 is 0 Å². The summed E-state index contributed by atoms with van der Waals surface area (Å²) in [5.41, 5.74) is 3.86. The van der Waals surface area contributed by atoms with Crippen molar-refractivity contribution in [1.29, 1.82) is 0 Å². The normalized spacial score (nSPS) is 16.9. The third-order valence-corrected chi connectivity index (χ3v) is 6.17. The predicted molar refractivity (Wildman–Crippen MR) is 122 cm³/mol. The first kappa shape index (κ1) is 22.3. The molecule has 5 heteroatoms. The Morgan fingerprint density at radius 1 is 1.03 bits per heavy atom. The molecule has 0 unspecified atom stereocenters. The smallest absolute Gasteiger partial charge is 0.252 e. The van der Waals surface area contributed by atoms with E-state index in [9.17, 15) is 10.0 Å². The maximum Gasteiger partial charge on any atom is 0.252 e. The lowest BCUT2D eigenvalue weighted by molar-refractivity contribution is -0.181. The Hall–Kier alpha value is -2.37. The Balaban J connectivity index is 1.58. The van der Waals surface area contributed by atoms with E-state index in [1.807, 2.05) is 31.2 Å². The van der Waals surface area contributed by atoms with Crippen LogP contribution in [-0.4, -0.2) is 41.2 Å². The minimum Gasteiger partial charge on any atom is -0.356 e. The monoisotopic (exact) mass is 409 g/mol. The number of likely N-dealkylation sites (tertiary alicyclic amines) is 1. The van der Waals surface area contributed by atoms with Crippen LogP contribution in [0.5, 0.6) is 0 Å². The van der Waals surface area contributed by atoms with Gasteiger partial charge in [0, 0.05) is 11.4 Å². The molecule has 1 saturated heterocycles. The summed E-state index contributed by atoms with van der Waals surface area (Å²) in [6, 6.07) is 16.3. The van der Waals surface area contributed by atoms with E-state index in [1.165, 1.54) is 5.56 Å². The highest BCUT2D eigenvalue weighted by Crippen LogP contribution is 2.32. The van der Waals surface area contributed by atoms with E-state index in [1.54, 1.807) is 0 Å². The number of benzene rings is 2. The van der Waals surface area contributed by atoms with Gasteiger partial charge in [-0.15, -0.1) is 0 Å². The highest BCUT2D eigenvalue weighted by Gasteiger charge is 2.38. The minimum atomic E-state index is -0.484. The first-order valence-corrected chi connectivity index (χ1v) is 10.7. The summed E-state index contributed by atoms with van der Waals surface area (Å²) in [7, 11) is 2.06. The molecule has 2 aromatic carbocycles. The van der Waals surface area contributed by atoms with Gasteiger partial charge in [0.2, 0.25) is 0 Å². The van der Waals surface area contributed by atoms with Crippen LogP contribution in [0.1, 0.15) is 51.7 Å². The van der Waals surface area contributed by atoms with Gasteiger partial charge < -0.3 is 10.2 Å². The molecule has 1 aliphatic rings. The van der Waals surface area contributed by atoms with Gasteiger partial charge in [0.1, 0.15) is 0 Å². The second-order valence-electron chi connectivity index (χ2n) is 9.88. The van der Waals surface area contributed by atoms with E-state index in [0.717, 1.165) is 47.9 Å². The topological polar surface area (TPSA) is 55.8 Å². The third kappa shape index (κ3) is 5.41. The molecule has 0 aliphatic carbocycles. The van der Waals surface area contributed by atoms with Gasteiger partial charge in [-0.3, -0.25) is 10.0 Å². The summed E-state index contributed by atoms with van der Waals surface area (Å²) in [6.07, 6.45) is 1.55. The van der Waals surface area contributed by atoms with Crippen molar-refractivity contribution in [2.75, 3.05) is 25.5 Å². The molecule has 2 aromatic rings. The van der Waals surface area contributed by atoms with Crippen LogP contribution < -0.4 is 5.32 Å². The molecule has 0 bridgehead atoms. The lowest BCUT2D eigenvalue weighted by atomic mass is 9.79. The molecule has 162 valence electrons. The first-order valence-electron chi connectivity index (χ1n) is 10.7. The number of carbonyl (C=O) groups is 1. The van der Waals surface area contributed by atoms with Crippen molar-refractivity contribution in [3.63, 3.8) is 0 Å². The molecule has 1 aliphatic heterocycles. The molecule has 5 nitrogen and oxygen atoms in total. The quantitative estimate of drug-likeness (QED) is 0.528. The second-order valence-corrected chi connectivity index (χ2v) is 9.88. The van der Waals surface area contributed by atoms with Crippen LogP contribution in [0.2, 0.25) is 0 Å². The van der Waals surface area contributed by atoms with Crippen LogP contribution in [0, 0.1) is 5.41 Å². The first-order chi connectivity index (χ1) is 14.1. The number of anilines is 2. The number of hydroxylamine groups is 2. The largest absolute Gasteiger partial charge is 0.356 e. The summed E-state index contributed by atoms with van der Waals surface area (Å²) >= 11 is 0. The summed E-state index contributed by atoms with van der Waals surface area (Å²) in [5.74, 6) is -0.184. The van der Waals surface area contributed by atoms with Crippen LogP contribution in [0.25, 0.3) is 0 Å². The summed E-state index contributed by atoms with van der Waals surface area (Å²) in [4.78, 5) is 15.0. The minimum absolute atomic E-state index is 0.137. The number of rotatable bonds is 5. The van der Waals surface area contributed by atoms with Gasteiger partial charge in [-0.1, -0.05) is 52.0 Å². The SMILES string of the molecule is CN1CCC(C)(C(=O)N(O)Cc2ccc(Nc3ccc(C(C)(C)C)cc3)cc2)CC1. The molecule has 1 heterocycles. The fraction of sp³-hybridized carbons (Fsp3) is 0.480. The van der Waals surface area contributed by atoms with Crippen LogP contribution in [0.4, 0.5) is 11.4 Å². The summed E-state index contributed by atoms with van der Waals surface area (Å²) in [5, 5.41) is 14.7. The molecule has 0 saturated carbocycles. The van der Waals surface area contributed by atoms with E-state index < -0.39 is 5.41 Å². The van der Waals surface area contributed by atoms with E-state index >= 15 is 0 Å². The van der Waals surface area contributed by atoms with Crippen LogP contribution in [0.3, 0.4) is 0 Å². The fourth-order valence-electron chi connectivity index (χ4n) is 3.80. The van der Waals surface area contributed by atoms with Gasteiger partial charge in [0.25, 0.3) is 5.91 Å². The number of hydrogen-bond donors (Lipinski definition) is 2. The molecule has 1 fully saturated rings. The van der Waals surface area contributed by atoms with Crippen molar-refractivity contribution >= 4 is 17.3 Å². The van der Waals surface area contributed by atoms with Gasteiger partial charge in [-0.2, -0.15) is 0 Å². The average molecular weight is 410 g/mol. The molecular formula is C25H35N3O2. The Morgan fingerprint density at radius 3 is 2.03 bits per heavy atom. The van der Waals surface area contributed by atoms with Crippen molar-refractivity contribution in [1.82, 2.24) is 9.96 Å². The number of carbonyl (C=O) groups excluding carboxylic acids is 1. The standard InChI is InChI=1S/C25H35N3O2/c1-24(2,3)20-8-12-22(13-9-20)26-21-10-6-19(7-11-21)18-28(30)23(29)25(4)14-16-27(5)17-15-25/h6-13,26,30H,14-18H2,1-5H3. The van der Waals surface area contributed by atoms with Crippen molar-refractivity contribution in [3.8, 4) is 0 Å². The second kappa shape index (κ2) is 8.78. The highest BCUT2D eigenvalue weighted by molar-refractivity contribution is 5.81. The summed E-state index contributed by atoms with van der Waals surface area (Å²) < 4.78 is 0. The van der Waals surface area contributed by atoms with Crippen LogP contribution in [-0.2, 0) is 16.8 Å². The van der Waals surface area contributed by atoms with E-state index in [-0.39, 0.29) is 17.9 Å². The molecule has 2 N–H and O–H groups in total. The molecule has 1 amide bonds. The van der Waals surface area contributed by atoms with E-state index in [4.69, 9.17) is 0 Å². The highest BCUT2D eigenvalue weighted by atomic mass is 16.5. The zero-order chi connectivity index (χ0) is 21.9. The third-order valence-electron chi connectivity index (χ3n) is 6.17. The maximum absolute atomic E-state index is 12.8. The predicted octanol–water partition coefficient (Wildman–Crippen LogP) is 5.18. The molecule has 0 atom stereocenters. The van der Waals surface area contributed by atoms with Gasteiger partial charge in [0.15, 0.2) is 0 Å². The van der Waals surface area contributed by atoms with Gasteiger partial charge >= 0.3 is 0 Å². The molecule has 3 rings (SSSR count). The number of amides is 1. The molecule has 30 heavy (non-hydrogen) atoms. The fourth-order valence-corrected chi connectivity index (χ4v) is 3.80. The van der Waals surface area contributed by atoms with Crippen molar-refractivity contribution in [3.05, 3.63) is 59.7 Å². The van der Waals surface area contributed by atoms with Gasteiger partial charge in [-0.05, 0) is 73.8 Å². The Morgan fingerprint density at radius 2 is 1.53 bits per heavy atom. The Labute approximate surface area is 180 Å². The average Bonchev–Trinajstić information content (AvgIpc) is 2.71.